The van der Waals surface area contributed by atoms with Gasteiger partial charge in [0.05, 0.1) is 12.7 Å². The number of fused-ring (bicyclic) bond motifs is 1. The molecule has 2 heterocycles. The standard InChI is InChI=1S/C15H14N4O4/c20-14(9-18-15(21)11-8-16-3-4-17-11)19-10-1-2-12-13(7-10)23-6-5-22-12/h1-4,7-8H,5-6,9H2,(H,18,21)(H,19,20). The van der Waals surface area contributed by atoms with Gasteiger partial charge in [0.25, 0.3) is 5.91 Å². The van der Waals surface area contributed by atoms with Crippen LogP contribution in [0.3, 0.4) is 0 Å². The van der Waals surface area contributed by atoms with Crippen LogP contribution in [0.1, 0.15) is 10.5 Å². The van der Waals surface area contributed by atoms with E-state index in [4.69, 9.17) is 9.47 Å². The summed E-state index contributed by atoms with van der Waals surface area (Å²) in [6.07, 6.45) is 4.20. The van der Waals surface area contributed by atoms with Crippen molar-refractivity contribution in [1.82, 2.24) is 15.3 Å². The molecule has 0 spiro atoms. The van der Waals surface area contributed by atoms with E-state index in [2.05, 4.69) is 20.6 Å². The van der Waals surface area contributed by atoms with E-state index in [1.165, 1.54) is 18.6 Å². The number of carbonyl (C=O) groups is 2. The Labute approximate surface area is 131 Å². The summed E-state index contributed by atoms with van der Waals surface area (Å²) < 4.78 is 10.8. The molecule has 0 fully saturated rings. The van der Waals surface area contributed by atoms with E-state index in [9.17, 15) is 9.59 Å². The molecule has 0 saturated heterocycles. The zero-order chi connectivity index (χ0) is 16.1. The SMILES string of the molecule is O=C(CNC(=O)c1cnccn1)Nc1ccc2c(c1)OCCO2. The summed E-state index contributed by atoms with van der Waals surface area (Å²) in [4.78, 5) is 31.3. The summed E-state index contributed by atoms with van der Waals surface area (Å²) in [5.41, 5.74) is 0.715. The third-order valence-corrected chi connectivity index (χ3v) is 3.03. The van der Waals surface area contributed by atoms with Crippen molar-refractivity contribution >= 4 is 17.5 Å². The van der Waals surface area contributed by atoms with E-state index in [-0.39, 0.29) is 18.1 Å². The van der Waals surface area contributed by atoms with Crippen LogP contribution in [0.15, 0.2) is 36.8 Å². The van der Waals surface area contributed by atoms with E-state index in [0.717, 1.165) is 0 Å². The van der Waals surface area contributed by atoms with Crippen molar-refractivity contribution in [3.8, 4) is 11.5 Å². The fraction of sp³-hybridized carbons (Fsp3) is 0.200. The van der Waals surface area contributed by atoms with Crippen LogP contribution < -0.4 is 20.1 Å². The van der Waals surface area contributed by atoms with Gasteiger partial charge in [-0.15, -0.1) is 0 Å². The van der Waals surface area contributed by atoms with Crippen molar-refractivity contribution in [2.45, 2.75) is 0 Å². The van der Waals surface area contributed by atoms with Crippen LogP contribution in [0, 0.1) is 0 Å². The smallest absolute Gasteiger partial charge is 0.271 e. The first kappa shape index (κ1) is 14.8. The molecule has 2 amide bonds. The molecule has 0 unspecified atom stereocenters. The highest BCUT2D eigenvalue weighted by atomic mass is 16.6. The van der Waals surface area contributed by atoms with Gasteiger partial charge in [-0.1, -0.05) is 0 Å². The molecule has 3 rings (SSSR count). The van der Waals surface area contributed by atoms with E-state index >= 15 is 0 Å². The van der Waals surface area contributed by atoms with Crippen LogP contribution >= 0.6 is 0 Å². The quantitative estimate of drug-likeness (QED) is 0.857. The minimum Gasteiger partial charge on any atom is -0.486 e. The molecule has 1 aliphatic rings. The number of hydrogen-bond acceptors (Lipinski definition) is 6. The monoisotopic (exact) mass is 314 g/mol. The minimum atomic E-state index is -0.463. The Morgan fingerprint density at radius 3 is 2.74 bits per heavy atom. The van der Waals surface area contributed by atoms with Crippen molar-refractivity contribution < 1.29 is 19.1 Å². The summed E-state index contributed by atoms with van der Waals surface area (Å²) in [6, 6.07) is 5.11. The van der Waals surface area contributed by atoms with Crippen LogP contribution in [0.2, 0.25) is 0 Å². The fourth-order valence-corrected chi connectivity index (χ4v) is 1.99. The van der Waals surface area contributed by atoms with Gasteiger partial charge in [-0.05, 0) is 12.1 Å². The van der Waals surface area contributed by atoms with Crippen molar-refractivity contribution in [3.05, 3.63) is 42.5 Å². The lowest BCUT2D eigenvalue weighted by Crippen LogP contribution is -2.33. The Morgan fingerprint density at radius 1 is 1.13 bits per heavy atom. The molecule has 118 valence electrons. The Kier molecular flexibility index (Phi) is 4.32. The lowest BCUT2D eigenvalue weighted by molar-refractivity contribution is -0.115. The van der Waals surface area contributed by atoms with E-state index < -0.39 is 5.91 Å². The molecule has 1 aromatic carbocycles. The van der Waals surface area contributed by atoms with Gasteiger partial charge in [0, 0.05) is 24.1 Å². The molecule has 8 nitrogen and oxygen atoms in total. The maximum Gasteiger partial charge on any atom is 0.271 e. The van der Waals surface area contributed by atoms with E-state index in [1.807, 2.05) is 0 Å². The molecule has 0 aliphatic carbocycles. The summed E-state index contributed by atoms with van der Waals surface area (Å²) in [5.74, 6) is 0.400. The number of ether oxygens (including phenoxy) is 2. The van der Waals surface area contributed by atoms with Gasteiger partial charge in [0.15, 0.2) is 11.5 Å². The Morgan fingerprint density at radius 2 is 1.96 bits per heavy atom. The lowest BCUT2D eigenvalue weighted by atomic mass is 10.2. The molecular formula is C15H14N4O4. The first-order valence-corrected chi connectivity index (χ1v) is 6.96. The predicted octanol–water partition coefficient (Wildman–Crippen LogP) is 0.616. The maximum absolute atomic E-state index is 11.9. The molecule has 8 heteroatoms. The molecule has 0 atom stereocenters. The molecule has 2 aromatic rings. The topological polar surface area (TPSA) is 102 Å². The van der Waals surface area contributed by atoms with Crippen molar-refractivity contribution in [1.29, 1.82) is 0 Å². The first-order chi connectivity index (χ1) is 11.2. The number of amides is 2. The molecule has 2 N–H and O–H groups in total. The van der Waals surface area contributed by atoms with Gasteiger partial charge in [-0.25, -0.2) is 4.98 Å². The van der Waals surface area contributed by atoms with Gasteiger partial charge in [0.2, 0.25) is 5.91 Å². The molecule has 0 saturated carbocycles. The fourth-order valence-electron chi connectivity index (χ4n) is 1.99. The van der Waals surface area contributed by atoms with Crippen LogP contribution in [-0.4, -0.2) is 41.5 Å². The van der Waals surface area contributed by atoms with Crippen molar-refractivity contribution in [3.63, 3.8) is 0 Å². The second kappa shape index (κ2) is 6.73. The molecule has 23 heavy (non-hydrogen) atoms. The molecule has 0 bridgehead atoms. The number of carbonyl (C=O) groups excluding carboxylic acids is 2. The van der Waals surface area contributed by atoms with Gasteiger partial charge in [0.1, 0.15) is 18.9 Å². The van der Waals surface area contributed by atoms with Gasteiger partial charge >= 0.3 is 0 Å². The Bertz CT molecular complexity index is 721. The van der Waals surface area contributed by atoms with Crippen molar-refractivity contribution in [2.75, 3.05) is 25.1 Å². The second-order valence-electron chi connectivity index (χ2n) is 4.68. The first-order valence-electron chi connectivity index (χ1n) is 6.96. The summed E-state index contributed by atoms with van der Waals surface area (Å²) in [7, 11) is 0. The average molecular weight is 314 g/mol. The number of aromatic nitrogens is 2. The number of nitrogens with zero attached hydrogens (tertiary/aromatic N) is 2. The van der Waals surface area contributed by atoms with Gasteiger partial charge < -0.3 is 20.1 Å². The Balaban J connectivity index is 1.54. The highest BCUT2D eigenvalue weighted by Gasteiger charge is 2.13. The van der Waals surface area contributed by atoms with Crippen LogP contribution in [0.25, 0.3) is 0 Å². The van der Waals surface area contributed by atoms with Gasteiger partial charge in [-0.2, -0.15) is 0 Å². The van der Waals surface area contributed by atoms with Crippen molar-refractivity contribution in [2.24, 2.45) is 0 Å². The van der Waals surface area contributed by atoms with Gasteiger partial charge in [-0.3, -0.25) is 14.6 Å². The predicted molar refractivity (Wildman–Crippen MR) is 80.4 cm³/mol. The minimum absolute atomic E-state index is 0.152. The molecular weight excluding hydrogens is 300 g/mol. The largest absolute Gasteiger partial charge is 0.486 e. The highest BCUT2D eigenvalue weighted by Crippen LogP contribution is 2.32. The summed E-state index contributed by atoms with van der Waals surface area (Å²) in [6.45, 7) is 0.801. The zero-order valence-electron chi connectivity index (χ0n) is 12.1. The average Bonchev–Trinajstić information content (AvgIpc) is 2.60. The molecule has 0 radical (unpaired) electrons. The maximum atomic E-state index is 11.9. The highest BCUT2D eigenvalue weighted by molar-refractivity contribution is 5.98. The number of rotatable bonds is 4. The number of benzene rings is 1. The van der Waals surface area contributed by atoms with Crippen LogP contribution in [-0.2, 0) is 4.79 Å². The zero-order valence-corrected chi connectivity index (χ0v) is 12.1. The van der Waals surface area contributed by atoms with E-state index in [1.54, 1.807) is 18.2 Å². The normalized spacial score (nSPS) is 12.3. The van der Waals surface area contributed by atoms with E-state index in [0.29, 0.717) is 30.4 Å². The number of nitrogens with one attached hydrogen (secondary N) is 2. The number of hydrogen-bond donors (Lipinski definition) is 2. The lowest BCUT2D eigenvalue weighted by Gasteiger charge is -2.19. The third kappa shape index (κ3) is 3.73. The molecule has 1 aliphatic heterocycles. The third-order valence-electron chi connectivity index (χ3n) is 3.03. The van der Waals surface area contributed by atoms with Crippen LogP contribution in [0.5, 0.6) is 11.5 Å². The molecule has 1 aromatic heterocycles. The van der Waals surface area contributed by atoms with Crippen LogP contribution in [0.4, 0.5) is 5.69 Å². The summed E-state index contributed by atoms with van der Waals surface area (Å²) >= 11 is 0. The summed E-state index contributed by atoms with van der Waals surface area (Å²) in [5, 5.41) is 5.15. The Hall–Kier alpha value is -3.16. The second-order valence-corrected chi connectivity index (χ2v) is 4.68. The number of anilines is 1.